The smallest absolute Gasteiger partial charge is 0.110 e. The van der Waals surface area contributed by atoms with Gasteiger partial charge in [-0.15, -0.1) is 0 Å². The number of ether oxygens (including phenoxy) is 1. The Morgan fingerprint density at radius 2 is 1.60 bits per heavy atom. The van der Waals surface area contributed by atoms with Crippen LogP contribution in [0, 0.1) is 0 Å². The summed E-state index contributed by atoms with van der Waals surface area (Å²) < 4.78 is 4.50. The van der Waals surface area contributed by atoms with Gasteiger partial charge in [0.25, 0.3) is 0 Å². The standard InChI is InChI=1S/C4H8O2.C2H6O2/c1-2-6-4-3-5;3-1-2-4/h2,5H,1,3-4H2;3-4H,1-2H2. The predicted octanol–water partition coefficient (Wildman–Crippen LogP) is -0.890. The van der Waals surface area contributed by atoms with Crippen LogP contribution in [0.2, 0.25) is 0 Å². The summed E-state index contributed by atoms with van der Waals surface area (Å²) in [5.74, 6) is 0. The van der Waals surface area contributed by atoms with Crippen molar-refractivity contribution in [3.8, 4) is 0 Å². The van der Waals surface area contributed by atoms with Crippen LogP contribution in [0.1, 0.15) is 0 Å². The van der Waals surface area contributed by atoms with Crippen LogP contribution in [-0.4, -0.2) is 41.7 Å². The lowest BCUT2D eigenvalue weighted by molar-refractivity contribution is 0.166. The van der Waals surface area contributed by atoms with E-state index < -0.39 is 0 Å². The zero-order chi connectivity index (χ0) is 8.24. The van der Waals surface area contributed by atoms with Crippen molar-refractivity contribution >= 4 is 0 Å². The largest absolute Gasteiger partial charge is 0.499 e. The normalized spacial score (nSPS) is 7.50. The lowest BCUT2D eigenvalue weighted by Gasteiger charge is -1.89. The van der Waals surface area contributed by atoms with E-state index in [-0.39, 0.29) is 19.8 Å². The Kier molecular flexibility index (Phi) is 19.1. The fourth-order valence-electron chi connectivity index (χ4n) is 0.136. The monoisotopic (exact) mass is 150 g/mol. The number of hydrogen-bond acceptors (Lipinski definition) is 4. The van der Waals surface area contributed by atoms with Crippen LogP contribution in [-0.2, 0) is 4.74 Å². The van der Waals surface area contributed by atoms with Crippen LogP contribution in [0.25, 0.3) is 0 Å². The number of aliphatic hydroxyl groups is 3. The number of aliphatic hydroxyl groups excluding tert-OH is 3. The fourth-order valence-corrected chi connectivity index (χ4v) is 0.136. The van der Waals surface area contributed by atoms with Crippen LogP contribution in [0.3, 0.4) is 0 Å². The van der Waals surface area contributed by atoms with E-state index in [1.807, 2.05) is 0 Å². The molecule has 0 saturated carbocycles. The molecule has 0 fully saturated rings. The Labute approximate surface area is 60.4 Å². The number of hydrogen-bond donors (Lipinski definition) is 3. The maximum atomic E-state index is 8.02. The van der Waals surface area contributed by atoms with Gasteiger partial charge in [-0.25, -0.2) is 0 Å². The summed E-state index contributed by atoms with van der Waals surface area (Å²) in [4.78, 5) is 0. The highest BCUT2D eigenvalue weighted by molar-refractivity contribution is 4.46. The summed E-state index contributed by atoms with van der Waals surface area (Å²) in [6, 6.07) is 0. The third-order valence-electron chi connectivity index (χ3n) is 0.427. The van der Waals surface area contributed by atoms with Crippen molar-refractivity contribution in [2.45, 2.75) is 0 Å². The molecule has 0 amide bonds. The lowest BCUT2D eigenvalue weighted by Crippen LogP contribution is -1.90. The lowest BCUT2D eigenvalue weighted by atomic mass is 10.8. The van der Waals surface area contributed by atoms with Gasteiger partial charge in [0.1, 0.15) is 6.61 Å². The molecular weight excluding hydrogens is 136 g/mol. The minimum atomic E-state index is -0.125. The summed E-state index contributed by atoms with van der Waals surface area (Å²) in [6.07, 6.45) is 1.30. The zero-order valence-electron chi connectivity index (χ0n) is 5.86. The van der Waals surface area contributed by atoms with Crippen LogP contribution in [0.5, 0.6) is 0 Å². The van der Waals surface area contributed by atoms with E-state index in [4.69, 9.17) is 15.3 Å². The van der Waals surface area contributed by atoms with Gasteiger partial charge in [-0.3, -0.25) is 0 Å². The maximum Gasteiger partial charge on any atom is 0.110 e. The second-order valence-electron chi connectivity index (χ2n) is 1.21. The van der Waals surface area contributed by atoms with Crippen molar-refractivity contribution in [3.63, 3.8) is 0 Å². The quantitative estimate of drug-likeness (QED) is 0.359. The first kappa shape index (κ1) is 12.1. The molecule has 0 atom stereocenters. The molecule has 3 N–H and O–H groups in total. The molecule has 0 bridgehead atoms. The summed E-state index contributed by atoms with van der Waals surface area (Å²) in [5.41, 5.74) is 0. The molecule has 0 aliphatic carbocycles. The van der Waals surface area contributed by atoms with E-state index in [0.29, 0.717) is 6.61 Å². The average molecular weight is 150 g/mol. The molecule has 0 aromatic carbocycles. The van der Waals surface area contributed by atoms with E-state index in [0.717, 1.165) is 0 Å². The SMILES string of the molecule is C=COCCO.OCCO. The Balaban J connectivity index is 0. The average Bonchev–Trinajstić information content (AvgIpc) is 2.01. The van der Waals surface area contributed by atoms with Crippen molar-refractivity contribution in [1.82, 2.24) is 0 Å². The molecule has 10 heavy (non-hydrogen) atoms. The van der Waals surface area contributed by atoms with E-state index in [1.54, 1.807) is 0 Å². The van der Waals surface area contributed by atoms with Gasteiger partial charge in [-0.2, -0.15) is 0 Å². The predicted molar refractivity (Wildman–Crippen MR) is 37.4 cm³/mol. The molecule has 0 aromatic heterocycles. The molecule has 0 saturated heterocycles. The van der Waals surface area contributed by atoms with E-state index in [1.165, 1.54) is 6.26 Å². The summed E-state index contributed by atoms with van der Waals surface area (Å²) in [5, 5.41) is 23.3. The fraction of sp³-hybridized carbons (Fsp3) is 0.667. The minimum absolute atomic E-state index is 0.0615. The highest BCUT2D eigenvalue weighted by Gasteiger charge is 1.69. The first-order valence-corrected chi connectivity index (χ1v) is 2.88. The summed E-state index contributed by atoms with van der Waals surface area (Å²) in [7, 11) is 0. The number of rotatable bonds is 4. The molecule has 0 aliphatic rings. The molecule has 0 radical (unpaired) electrons. The van der Waals surface area contributed by atoms with Crippen molar-refractivity contribution in [3.05, 3.63) is 12.8 Å². The van der Waals surface area contributed by atoms with Crippen molar-refractivity contribution in [1.29, 1.82) is 0 Å². The first-order chi connectivity index (χ1) is 4.83. The molecule has 62 valence electrons. The Morgan fingerprint density at radius 1 is 1.10 bits per heavy atom. The minimum Gasteiger partial charge on any atom is -0.499 e. The molecule has 0 aromatic rings. The Morgan fingerprint density at radius 3 is 1.70 bits per heavy atom. The van der Waals surface area contributed by atoms with Crippen molar-refractivity contribution in [2.24, 2.45) is 0 Å². The van der Waals surface area contributed by atoms with Crippen molar-refractivity contribution < 1.29 is 20.1 Å². The topological polar surface area (TPSA) is 69.9 Å². The highest BCUT2D eigenvalue weighted by Crippen LogP contribution is 1.67. The van der Waals surface area contributed by atoms with Gasteiger partial charge >= 0.3 is 0 Å². The third kappa shape index (κ3) is 26.1. The van der Waals surface area contributed by atoms with Gasteiger partial charge in [0, 0.05) is 0 Å². The molecule has 0 unspecified atom stereocenters. The van der Waals surface area contributed by atoms with Gasteiger partial charge in [0.15, 0.2) is 0 Å². The van der Waals surface area contributed by atoms with Crippen LogP contribution in [0.15, 0.2) is 12.8 Å². The summed E-state index contributed by atoms with van der Waals surface area (Å²) >= 11 is 0. The van der Waals surface area contributed by atoms with E-state index >= 15 is 0 Å². The van der Waals surface area contributed by atoms with E-state index in [2.05, 4.69) is 11.3 Å². The highest BCUT2D eigenvalue weighted by atomic mass is 16.5. The molecule has 0 spiro atoms. The summed E-state index contributed by atoms with van der Waals surface area (Å²) in [6.45, 7) is 3.43. The van der Waals surface area contributed by atoms with Crippen LogP contribution in [0.4, 0.5) is 0 Å². The first-order valence-electron chi connectivity index (χ1n) is 2.88. The van der Waals surface area contributed by atoms with Gasteiger partial charge in [0.05, 0.1) is 26.1 Å². The van der Waals surface area contributed by atoms with Crippen molar-refractivity contribution in [2.75, 3.05) is 26.4 Å². The molecule has 0 rings (SSSR count). The van der Waals surface area contributed by atoms with Gasteiger partial charge in [-0.1, -0.05) is 6.58 Å². The maximum absolute atomic E-state index is 8.02. The van der Waals surface area contributed by atoms with Gasteiger partial charge in [0.2, 0.25) is 0 Å². The zero-order valence-corrected chi connectivity index (χ0v) is 5.86. The Hall–Kier alpha value is -0.580. The molecule has 4 nitrogen and oxygen atoms in total. The van der Waals surface area contributed by atoms with Gasteiger partial charge < -0.3 is 20.1 Å². The van der Waals surface area contributed by atoms with E-state index in [9.17, 15) is 0 Å². The Bertz CT molecular complexity index is 53.7. The second kappa shape index (κ2) is 15.8. The molecule has 0 heterocycles. The van der Waals surface area contributed by atoms with Crippen LogP contribution < -0.4 is 0 Å². The third-order valence-corrected chi connectivity index (χ3v) is 0.427. The van der Waals surface area contributed by atoms with Gasteiger partial charge in [-0.05, 0) is 0 Å². The molecule has 0 aliphatic heterocycles. The molecular formula is C6H14O4. The van der Waals surface area contributed by atoms with Crippen LogP contribution >= 0.6 is 0 Å². The molecule has 4 heteroatoms. The second-order valence-corrected chi connectivity index (χ2v) is 1.21.